The van der Waals surface area contributed by atoms with Gasteiger partial charge in [0.1, 0.15) is 5.56 Å². The van der Waals surface area contributed by atoms with Crippen LogP contribution in [0.15, 0.2) is 15.2 Å². The largest absolute Gasteiger partial charge is 0.494 e. The van der Waals surface area contributed by atoms with Gasteiger partial charge in [0.15, 0.2) is 5.57 Å². The normalized spacial score (nSPS) is 16.6. The number of carbonyl (C=O) groups is 2. The van der Waals surface area contributed by atoms with Gasteiger partial charge in [0, 0.05) is 32.8 Å². The first kappa shape index (κ1) is 17.9. The van der Waals surface area contributed by atoms with E-state index in [4.69, 9.17) is 9.47 Å². The van der Waals surface area contributed by atoms with Gasteiger partial charge in [0.2, 0.25) is 5.88 Å². The van der Waals surface area contributed by atoms with Crippen molar-refractivity contribution in [2.75, 3.05) is 6.26 Å². The third kappa shape index (κ3) is 2.73. The van der Waals surface area contributed by atoms with E-state index in [1.165, 1.54) is 34.2 Å². The van der Waals surface area contributed by atoms with Gasteiger partial charge in [-0.3, -0.25) is 13.9 Å². The Morgan fingerprint density at radius 3 is 2.00 bits per heavy atom. The van der Waals surface area contributed by atoms with Crippen LogP contribution in [-0.4, -0.2) is 38.2 Å². The summed E-state index contributed by atoms with van der Waals surface area (Å²) < 4.78 is 11.6. The third-order valence-corrected chi connectivity index (χ3v) is 4.19. The van der Waals surface area contributed by atoms with Gasteiger partial charge in [-0.05, 0) is 6.26 Å². The highest BCUT2D eigenvalue weighted by atomic mass is 32.2. The van der Waals surface area contributed by atoms with Crippen LogP contribution in [0.3, 0.4) is 0 Å². The van der Waals surface area contributed by atoms with Crippen LogP contribution < -0.4 is 11.2 Å². The van der Waals surface area contributed by atoms with E-state index in [1.54, 1.807) is 0 Å². The smallest absolute Gasteiger partial charge is 0.350 e. The molecule has 0 aliphatic carbocycles. The monoisotopic (exact) mass is 356 g/mol. The summed E-state index contributed by atoms with van der Waals surface area (Å²) in [6, 6.07) is 0. The molecule has 1 saturated heterocycles. The van der Waals surface area contributed by atoms with Crippen molar-refractivity contribution in [3.05, 3.63) is 32.0 Å². The Labute approximate surface area is 140 Å². The highest BCUT2D eigenvalue weighted by Crippen LogP contribution is 2.35. The van der Waals surface area contributed by atoms with Crippen molar-refractivity contribution < 1.29 is 24.2 Å². The lowest BCUT2D eigenvalue weighted by Gasteiger charge is -2.30. The fraction of sp³-hybridized carbons (Fsp3) is 0.429. The van der Waals surface area contributed by atoms with Gasteiger partial charge >= 0.3 is 17.6 Å². The van der Waals surface area contributed by atoms with Crippen LogP contribution in [0, 0.1) is 0 Å². The molecule has 2 rings (SSSR count). The second kappa shape index (κ2) is 5.86. The Morgan fingerprint density at radius 1 is 1.04 bits per heavy atom. The summed E-state index contributed by atoms with van der Waals surface area (Å²) in [5.41, 5.74) is -2.46. The highest BCUT2D eigenvalue weighted by molar-refractivity contribution is 8.07. The minimum atomic E-state index is -1.43. The number of esters is 2. The summed E-state index contributed by atoms with van der Waals surface area (Å²) in [5.74, 6) is -4.05. The Balaban J connectivity index is 2.84. The number of nitrogens with zero attached hydrogens (tertiary/aromatic N) is 2. The number of hydrogen-bond acceptors (Lipinski definition) is 8. The molecule has 1 aromatic heterocycles. The Bertz CT molecular complexity index is 870. The fourth-order valence-corrected chi connectivity index (χ4v) is 2.95. The summed E-state index contributed by atoms with van der Waals surface area (Å²) in [6.07, 6.45) is 1.51. The Morgan fingerprint density at radius 2 is 1.54 bits per heavy atom. The predicted octanol–water partition coefficient (Wildman–Crippen LogP) is -0.300. The van der Waals surface area contributed by atoms with Crippen LogP contribution >= 0.6 is 11.8 Å². The van der Waals surface area contributed by atoms with Crippen molar-refractivity contribution >= 4 is 28.6 Å². The number of ether oxygens (including phenoxy) is 2. The van der Waals surface area contributed by atoms with Crippen molar-refractivity contribution in [2.24, 2.45) is 14.1 Å². The molecule has 0 spiro atoms. The molecule has 1 aromatic rings. The van der Waals surface area contributed by atoms with Crippen molar-refractivity contribution in [2.45, 2.75) is 19.6 Å². The second-order valence-corrected chi connectivity index (χ2v) is 6.31. The van der Waals surface area contributed by atoms with Crippen LogP contribution in [0.25, 0.3) is 4.91 Å². The van der Waals surface area contributed by atoms with Crippen molar-refractivity contribution in [1.82, 2.24) is 9.13 Å². The number of hydrogen-bond donors (Lipinski definition) is 1. The van der Waals surface area contributed by atoms with E-state index < -0.39 is 40.4 Å². The Hall–Kier alpha value is -2.49. The summed E-state index contributed by atoms with van der Waals surface area (Å²) in [7, 11) is 2.47. The molecule has 10 heteroatoms. The topological polar surface area (TPSA) is 117 Å². The molecule has 0 unspecified atom stereocenters. The van der Waals surface area contributed by atoms with Gasteiger partial charge in [0.25, 0.3) is 11.3 Å². The molecule has 1 aliphatic heterocycles. The highest BCUT2D eigenvalue weighted by Gasteiger charge is 2.42. The van der Waals surface area contributed by atoms with Gasteiger partial charge in [-0.25, -0.2) is 14.4 Å². The van der Waals surface area contributed by atoms with Crippen molar-refractivity contribution in [3.8, 4) is 5.88 Å². The summed E-state index contributed by atoms with van der Waals surface area (Å²) in [4.78, 5) is 48.5. The molecule has 130 valence electrons. The lowest BCUT2D eigenvalue weighted by molar-refractivity contribution is -0.222. The summed E-state index contributed by atoms with van der Waals surface area (Å²) >= 11 is 0.878. The van der Waals surface area contributed by atoms with E-state index in [-0.39, 0.29) is 10.5 Å². The molecule has 0 amide bonds. The van der Waals surface area contributed by atoms with Crippen molar-refractivity contribution in [3.63, 3.8) is 0 Å². The van der Waals surface area contributed by atoms with Crippen molar-refractivity contribution in [1.29, 1.82) is 0 Å². The zero-order valence-electron chi connectivity index (χ0n) is 13.7. The maximum Gasteiger partial charge on any atom is 0.350 e. The lowest BCUT2D eigenvalue weighted by atomic mass is 10.1. The zero-order valence-corrected chi connectivity index (χ0v) is 14.5. The second-order valence-electron chi connectivity index (χ2n) is 5.49. The maximum atomic E-state index is 12.4. The van der Waals surface area contributed by atoms with E-state index in [1.807, 2.05) is 0 Å². The molecule has 0 aromatic carbocycles. The molecule has 0 atom stereocenters. The van der Waals surface area contributed by atoms with Crippen LogP contribution in [0.4, 0.5) is 0 Å². The van der Waals surface area contributed by atoms with Crippen LogP contribution in [0.1, 0.15) is 19.4 Å². The molecule has 0 bridgehead atoms. The summed E-state index contributed by atoms with van der Waals surface area (Å²) in [6.45, 7) is 2.78. The minimum Gasteiger partial charge on any atom is -0.494 e. The standard InChI is InChI=1S/C14H16N2O7S/c1-14(2)22-11(19)7(12(20)23-14)8(24-5)6-9(17)15(3)13(21)16(4)10(6)18/h17H,1-5H3. The zero-order chi connectivity index (χ0) is 18.4. The molecule has 9 nitrogen and oxygen atoms in total. The first-order valence-corrected chi connectivity index (χ1v) is 7.98. The molecule has 0 saturated carbocycles. The van der Waals surface area contributed by atoms with Crippen LogP contribution in [0.5, 0.6) is 5.88 Å². The number of rotatable bonds is 2. The molecule has 1 N–H and O–H groups in total. The molecule has 0 radical (unpaired) electrons. The van der Waals surface area contributed by atoms with E-state index >= 15 is 0 Å². The Kier molecular flexibility index (Phi) is 4.36. The van der Waals surface area contributed by atoms with Gasteiger partial charge < -0.3 is 14.6 Å². The van der Waals surface area contributed by atoms with E-state index in [2.05, 4.69) is 0 Å². The molecule has 1 fully saturated rings. The van der Waals surface area contributed by atoms with Crippen LogP contribution in [-0.2, 0) is 33.2 Å². The first-order valence-electron chi connectivity index (χ1n) is 6.76. The van der Waals surface area contributed by atoms with E-state index in [0.717, 1.165) is 20.9 Å². The maximum absolute atomic E-state index is 12.4. The average Bonchev–Trinajstić information content (AvgIpc) is 2.47. The summed E-state index contributed by atoms with van der Waals surface area (Å²) in [5, 5.41) is 10.2. The number of cyclic esters (lactones) is 2. The SMILES string of the molecule is CSC(=C1C(=O)OC(C)(C)OC1=O)c1c(O)n(C)c(=O)n(C)c1=O. The fourth-order valence-electron chi connectivity index (χ4n) is 2.20. The number of aromatic hydroxyl groups is 1. The lowest BCUT2D eigenvalue weighted by Crippen LogP contribution is -2.43. The molecular formula is C14H16N2O7S. The predicted molar refractivity (Wildman–Crippen MR) is 85.3 cm³/mol. The number of thioether (sulfide) groups is 1. The minimum absolute atomic E-state index is 0.130. The molecular weight excluding hydrogens is 340 g/mol. The van der Waals surface area contributed by atoms with E-state index in [9.17, 15) is 24.3 Å². The van der Waals surface area contributed by atoms with E-state index in [0.29, 0.717) is 0 Å². The average molecular weight is 356 g/mol. The molecule has 24 heavy (non-hydrogen) atoms. The quantitative estimate of drug-likeness (QED) is 0.436. The van der Waals surface area contributed by atoms with Gasteiger partial charge in [-0.2, -0.15) is 0 Å². The van der Waals surface area contributed by atoms with Crippen LogP contribution in [0.2, 0.25) is 0 Å². The number of carbonyl (C=O) groups excluding carboxylic acids is 2. The van der Waals surface area contributed by atoms with Gasteiger partial charge in [-0.15, -0.1) is 11.8 Å². The number of aromatic nitrogens is 2. The molecule has 2 heterocycles. The first-order chi connectivity index (χ1) is 11.0. The third-order valence-electron chi connectivity index (χ3n) is 3.38. The molecule has 1 aliphatic rings. The van der Waals surface area contributed by atoms with Gasteiger partial charge in [-0.1, -0.05) is 0 Å². The van der Waals surface area contributed by atoms with Gasteiger partial charge in [0.05, 0.1) is 0 Å².